The standard InChI is InChI=1S/C19H18FN3O2/c20-16-7-3-6-14(11-16)18(24)12-19(25)21-13-15-5-1-2-8-17(15)23-10-4-9-22-23/h1-11,18,24H,12-13H2,(H,21,25). The molecule has 0 aliphatic carbocycles. The van der Waals surface area contributed by atoms with Gasteiger partial charge in [-0.3, -0.25) is 4.79 Å². The van der Waals surface area contributed by atoms with E-state index in [4.69, 9.17) is 0 Å². The summed E-state index contributed by atoms with van der Waals surface area (Å²) in [5.74, 6) is -0.753. The van der Waals surface area contributed by atoms with Gasteiger partial charge in [0.25, 0.3) is 0 Å². The highest BCUT2D eigenvalue weighted by Gasteiger charge is 2.14. The van der Waals surface area contributed by atoms with Gasteiger partial charge in [0.2, 0.25) is 5.91 Å². The number of amides is 1. The number of para-hydroxylation sites is 1. The Morgan fingerprint density at radius 3 is 2.80 bits per heavy atom. The fourth-order valence-electron chi connectivity index (χ4n) is 2.57. The normalized spacial score (nSPS) is 11.9. The van der Waals surface area contributed by atoms with Gasteiger partial charge >= 0.3 is 0 Å². The van der Waals surface area contributed by atoms with E-state index >= 15 is 0 Å². The first-order valence-electron chi connectivity index (χ1n) is 7.91. The van der Waals surface area contributed by atoms with Crippen molar-refractivity contribution in [2.75, 3.05) is 0 Å². The van der Waals surface area contributed by atoms with Crippen LogP contribution in [0.4, 0.5) is 4.39 Å². The first-order valence-corrected chi connectivity index (χ1v) is 7.91. The molecule has 0 aliphatic rings. The van der Waals surface area contributed by atoms with Crippen LogP contribution in [0.1, 0.15) is 23.7 Å². The van der Waals surface area contributed by atoms with Crippen molar-refractivity contribution in [1.82, 2.24) is 15.1 Å². The van der Waals surface area contributed by atoms with E-state index in [9.17, 15) is 14.3 Å². The van der Waals surface area contributed by atoms with Crippen LogP contribution in [0.3, 0.4) is 0 Å². The van der Waals surface area contributed by atoms with Crippen LogP contribution in [0.15, 0.2) is 67.0 Å². The number of carbonyl (C=O) groups is 1. The van der Waals surface area contributed by atoms with E-state index in [-0.39, 0.29) is 12.3 Å². The molecule has 5 nitrogen and oxygen atoms in total. The van der Waals surface area contributed by atoms with Gasteiger partial charge in [-0.05, 0) is 35.4 Å². The molecule has 2 N–H and O–H groups in total. The van der Waals surface area contributed by atoms with E-state index in [0.717, 1.165) is 11.3 Å². The highest BCUT2D eigenvalue weighted by atomic mass is 19.1. The third kappa shape index (κ3) is 4.30. The minimum absolute atomic E-state index is 0.132. The van der Waals surface area contributed by atoms with Gasteiger partial charge in [-0.15, -0.1) is 0 Å². The van der Waals surface area contributed by atoms with Gasteiger partial charge in [0, 0.05) is 18.9 Å². The van der Waals surface area contributed by atoms with E-state index in [1.807, 2.05) is 36.5 Å². The molecular weight excluding hydrogens is 321 g/mol. The van der Waals surface area contributed by atoms with Crippen LogP contribution in [-0.2, 0) is 11.3 Å². The van der Waals surface area contributed by atoms with Gasteiger partial charge in [-0.1, -0.05) is 30.3 Å². The summed E-state index contributed by atoms with van der Waals surface area (Å²) in [6, 6.07) is 15.0. The van der Waals surface area contributed by atoms with Crippen molar-refractivity contribution < 1.29 is 14.3 Å². The Kier molecular flexibility index (Phi) is 5.20. The maximum atomic E-state index is 13.2. The summed E-state index contributed by atoms with van der Waals surface area (Å²) in [6.45, 7) is 0.310. The zero-order valence-corrected chi connectivity index (χ0v) is 13.5. The molecule has 25 heavy (non-hydrogen) atoms. The average Bonchev–Trinajstić information content (AvgIpc) is 3.14. The Bertz CT molecular complexity index is 849. The Labute approximate surface area is 144 Å². The molecule has 6 heteroatoms. The zero-order valence-electron chi connectivity index (χ0n) is 13.5. The molecule has 1 amide bonds. The SMILES string of the molecule is O=C(CC(O)c1cccc(F)c1)NCc1ccccc1-n1cccn1. The molecule has 1 unspecified atom stereocenters. The fraction of sp³-hybridized carbons (Fsp3) is 0.158. The topological polar surface area (TPSA) is 67.2 Å². The predicted molar refractivity (Wildman–Crippen MR) is 91.4 cm³/mol. The predicted octanol–water partition coefficient (Wildman–Crippen LogP) is 2.75. The molecule has 2 aromatic carbocycles. The molecule has 3 rings (SSSR count). The number of carbonyl (C=O) groups excluding carboxylic acids is 1. The first kappa shape index (κ1) is 16.9. The maximum absolute atomic E-state index is 13.2. The smallest absolute Gasteiger partial charge is 0.223 e. The van der Waals surface area contributed by atoms with Crippen molar-refractivity contribution in [2.24, 2.45) is 0 Å². The maximum Gasteiger partial charge on any atom is 0.223 e. The van der Waals surface area contributed by atoms with Crippen molar-refractivity contribution in [1.29, 1.82) is 0 Å². The largest absolute Gasteiger partial charge is 0.388 e. The van der Waals surface area contributed by atoms with Gasteiger partial charge in [-0.25, -0.2) is 9.07 Å². The second-order valence-corrected chi connectivity index (χ2v) is 5.63. The van der Waals surface area contributed by atoms with Gasteiger partial charge in [0.05, 0.1) is 18.2 Å². The van der Waals surface area contributed by atoms with Crippen molar-refractivity contribution in [2.45, 2.75) is 19.1 Å². The van der Waals surface area contributed by atoms with Gasteiger partial charge in [-0.2, -0.15) is 5.10 Å². The van der Waals surface area contributed by atoms with Crippen LogP contribution in [0.2, 0.25) is 0 Å². The molecule has 0 saturated heterocycles. The Morgan fingerprint density at radius 1 is 1.20 bits per heavy atom. The molecule has 0 spiro atoms. The lowest BCUT2D eigenvalue weighted by Crippen LogP contribution is -2.25. The van der Waals surface area contributed by atoms with Gasteiger partial charge < -0.3 is 10.4 Å². The van der Waals surface area contributed by atoms with Crippen LogP contribution >= 0.6 is 0 Å². The molecule has 0 saturated carbocycles. The molecule has 0 aliphatic heterocycles. The van der Waals surface area contributed by atoms with Crippen molar-refractivity contribution in [3.63, 3.8) is 0 Å². The van der Waals surface area contributed by atoms with Crippen LogP contribution < -0.4 is 5.32 Å². The molecular formula is C19H18FN3O2. The van der Waals surface area contributed by atoms with Crippen molar-refractivity contribution in [3.8, 4) is 5.69 Å². The highest BCUT2D eigenvalue weighted by Crippen LogP contribution is 2.18. The number of halogens is 1. The Morgan fingerprint density at radius 2 is 2.04 bits per heavy atom. The van der Waals surface area contributed by atoms with Gasteiger partial charge in [0.1, 0.15) is 5.82 Å². The Hall–Kier alpha value is -2.99. The lowest BCUT2D eigenvalue weighted by atomic mass is 10.1. The first-order chi connectivity index (χ1) is 12.1. The van der Waals surface area contributed by atoms with Crippen LogP contribution in [0.25, 0.3) is 5.69 Å². The molecule has 128 valence electrons. The monoisotopic (exact) mass is 339 g/mol. The second kappa shape index (κ2) is 7.72. The quantitative estimate of drug-likeness (QED) is 0.726. The van der Waals surface area contributed by atoms with Gasteiger partial charge in [0.15, 0.2) is 0 Å². The summed E-state index contributed by atoms with van der Waals surface area (Å²) in [5, 5.41) is 17.1. The summed E-state index contributed by atoms with van der Waals surface area (Å²) in [5.41, 5.74) is 2.16. The molecule has 1 aromatic heterocycles. The average molecular weight is 339 g/mol. The molecule has 3 aromatic rings. The van der Waals surface area contributed by atoms with E-state index in [2.05, 4.69) is 10.4 Å². The van der Waals surface area contributed by atoms with Crippen LogP contribution in [0.5, 0.6) is 0 Å². The third-order valence-electron chi connectivity index (χ3n) is 3.83. The lowest BCUT2D eigenvalue weighted by molar-refractivity contribution is -0.123. The number of benzene rings is 2. The number of aromatic nitrogens is 2. The number of hydrogen-bond acceptors (Lipinski definition) is 3. The summed E-state index contributed by atoms with van der Waals surface area (Å²) in [7, 11) is 0. The summed E-state index contributed by atoms with van der Waals surface area (Å²) in [6.07, 6.45) is 2.34. The second-order valence-electron chi connectivity index (χ2n) is 5.63. The molecule has 0 fully saturated rings. The number of rotatable bonds is 6. The number of hydrogen-bond donors (Lipinski definition) is 2. The van der Waals surface area contributed by atoms with Crippen molar-refractivity contribution >= 4 is 5.91 Å². The summed E-state index contributed by atoms with van der Waals surface area (Å²) >= 11 is 0. The number of aliphatic hydroxyl groups excluding tert-OH is 1. The van der Waals surface area contributed by atoms with Crippen molar-refractivity contribution in [3.05, 3.63) is 83.9 Å². The van der Waals surface area contributed by atoms with Crippen LogP contribution in [0, 0.1) is 5.82 Å². The number of aliphatic hydroxyl groups is 1. The molecule has 1 heterocycles. The summed E-state index contributed by atoms with van der Waals surface area (Å²) in [4.78, 5) is 12.1. The minimum atomic E-state index is -1.04. The highest BCUT2D eigenvalue weighted by molar-refractivity contribution is 5.76. The molecule has 0 bridgehead atoms. The molecule has 0 radical (unpaired) electrons. The van der Waals surface area contributed by atoms with E-state index in [1.165, 1.54) is 18.2 Å². The number of nitrogens with one attached hydrogen (secondary N) is 1. The van der Waals surface area contributed by atoms with E-state index in [1.54, 1.807) is 16.9 Å². The van der Waals surface area contributed by atoms with Crippen LogP contribution in [-0.4, -0.2) is 20.8 Å². The number of nitrogens with zero attached hydrogens (tertiary/aromatic N) is 2. The lowest BCUT2D eigenvalue weighted by Gasteiger charge is -2.13. The van der Waals surface area contributed by atoms with E-state index in [0.29, 0.717) is 12.1 Å². The summed E-state index contributed by atoms with van der Waals surface area (Å²) < 4.78 is 14.9. The fourth-order valence-corrected chi connectivity index (χ4v) is 2.57. The zero-order chi connectivity index (χ0) is 17.6. The Balaban J connectivity index is 1.62. The van der Waals surface area contributed by atoms with E-state index < -0.39 is 11.9 Å². The third-order valence-corrected chi connectivity index (χ3v) is 3.83. The molecule has 1 atom stereocenters. The minimum Gasteiger partial charge on any atom is -0.388 e.